The first-order chi connectivity index (χ1) is 12.7. The molecule has 4 fully saturated rings. The molecule has 0 N–H and O–H groups in total. The minimum Gasteiger partial charge on any atom is -0.464 e. The van der Waals surface area contributed by atoms with Gasteiger partial charge in [-0.1, -0.05) is 36.8 Å². The first-order valence-electron chi connectivity index (χ1n) is 9.70. The van der Waals surface area contributed by atoms with Gasteiger partial charge in [0.2, 0.25) is 0 Å². The molecule has 1 aromatic rings. The van der Waals surface area contributed by atoms with Crippen molar-refractivity contribution < 1.29 is 23.8 Å². The normalized spacial score (nSPS) is 36.4. The molecule has 3 heterocycles. The monoisotopic (exact) mass is 359 g/mol. The van der Waals surface area contributed by atoms with Crippen LogP contribution in [0.5, 0.6) is 0 Å². The van der Waals surface area contributed by atoms with Crippen molar-refractivity contribution in [2.75, 3.05) is 13.2 Å². The molecule has 0 unspecified atom stereocenters. The summed E-state index contributed by atoms with van der Waals surface area (Å²) in [7, 11) is 0. The highest BCUT2D eigenvalue weighted by molar-refractivity contribution is 5.78. The van der Waals surface area contributed by atoms with E-state index in [2.05, 4.69) is 0 Å². The van der Waals surface area contributed by atoms with Gasteiger partial charge in [0.1, 0.15) is 18.2 Å². The molecule has 0 aromatic heterocycles. The van der Waals surface area contributed by atoms with Gasteiger partial charge >= 0.3 is 5.97 Å². The van der Waals surface area contributed by atoms with E-state index in [0.717, 1.165) is 31.2 Å². The third-order valence-electron chi connectivity index (χ3n) is 6.09. The van der Waals surface area contributed by atoms with E-state index in [4.69, 9.17) is 19.0 Å². The smallest absolute Gasteiger partial charge is 0.326 e. The maximum atomic E-state index is 12.3. The molecule has 3 aliphatic heterocycles. The zero-order valence-corrected chi connectivity index (χ0v) is 14.8. The second-order valence-corrected chi connectivity index (χ2v) is 7.81. The summed E-state index contributed by atoms with van der Waals surface area (Å²) in [6.07, 6.45) is 5.10. The van der Waals surface area contributed by atoms with Gasteiger partial charge in [-0.2, -0.15) is 5.06 Å². The SMILES string of the molecule is O=C1OC[C@H]2[C@H]([C@H]3COC4(CCCCC4)O3)ON(Cc3ccccc3)[C@H]12. The number of carbonyl (C=O) groups is 1. The summed E-state index contributed by atoms with van der Waals surface area (Å²) in [6.45, 7) is 1.49. The van der Waals surface area contributed by atoms with Crippen molar-refractivity contribution in [2.45, 2.75) is 62.7 Å². The number of fused-ring (bicyclic) bond motifs is 1. The Morgan fingerprint density at radius 1 is 1.08 bits per heavy atom. The van der Waals surface area contributed by atoms with E-state index in [0.29, 0.717) is 19.8 Å². The van der Waals surface area contributed by atoms with Gasteiger partial charge in [-0.25, -0.2) is 0 Å². The third-order valence-corrected chi connectivity index (χ3v) is 6.09. The predicted molar refractivity (Wildman–Crippen MR) is 91.7 cm³/mol. The number of esters is 1. The molecular formula is C20H25NO5. The summed E-state index contributed by atoms with van der Waals surface area (Å²) in [6, 6.07) is 9.70. The zero-order valence-electron chi connectivity index (χ0n) is 14.8. The molecule has 1 aromatic carbocycles. The largest absolute Gasteiger partial charge is 0.464 e. The topological polar surface area (TPSA) is 57.2 Å². The van der Waals surface area contributed by atoms with E-state index in [1.54, 1.807) is 5.06 Å². The highest BCUT2D eigenvalue weighted by atomic mass is 16.8. The Morgan fingerprint density at radius 3 is 2.69 bits per heavy atom. The van der Waals surface area contributed by atoms with Gasteiger partial charge in [-0.05, 0) is 18.4 Å². The molecule has 6 nitrogen and oxygen atoms in total. The number of nitrogens with zero attached hydrogens (tertiary/aromatic N) is 1. The highest BCUT2D eigenvalue weighted by Crippen LogP contribution is 2.43. The molecule has 1 spiro atoms. The lowest BCUT2D eigenvalue weighted by Gasteiger charge is -2.32. The number of rotatable bonds is 3. The van der Waals surface area contributed by atoms with Crippen LogP contribution < -0.4 is 0 Å². The molecule has 4 atom stereocenters. The van der Waals surface area contributed by atoms with E-state index in [-0.39, 0.29) is 30.1 Å². The molecular weight excluding hydrogens is 334 g/mol. The lowest BCUT2D eigenvalue weighted by molar-refractivity contribution is -0.229. The number of hydroxylamine groups is 2. The molecule has 1 saturated carbocycles. The van der Waals surface area contributed by atoms with Crippen molar-refractivity contribution in [3.8, 4) is 0 Å². The summed E-state index contributed by atoms with van der Waals surface area (Å²) < 4.78 is 17.8. The molecule has 140 valence electrons. The van der Waals surface area contributed by atoms with Crippen LogP contribution >= 0.6 is 0 Å². The van der Waals surface area contributed by atoms with Crippen LogP contribution in [0.2, 0.25) is 0 Å². The summed E-state index contributed by atoms with van der Waals surface area (Å²) in [5, 5.41) is 1.79. The number of hydrogen-bond acceptors (Lipinski definition) is 6. The standard InChI is InChI=1S/C20H25NO5/c22-19-17-15(12-23-19)18(26-21(17)11-14-7-3-1-4-8-14)16-13-24-20(25-16)9-5-2-6-10-20/h1,3-4,7-8,15-18H,2,5-6,9-13H2/t15-,16-,17+,18-/m1/s1. The molecule has 1 aliphatic carbocycles. The van der Waals surface area contributed by atoms with Crippen molar-refractivity contribution in [3.05, 3.63) is 35.9 Å². The van der Waals surface area contributed by atoms with Gasteiger partial charge in [0.25, 0.3) is 0 Å². The molecule has 0 radical (unpaired) electrons. The Bertz CT molecular complexity index is 659. The minimum atomic E-state index is -0.432. The van der Waals surface area contributed by atoms with Gasteiger partial charge in [0, 0.05) is 12.8 Å². The van der Waals surface area contributed by atoms with E-state index >= 15 is 0 Å². The van der Waals surface area contributed by atoms with Crippen LogP contribution in [-0.4, -0.2) is 48.3 Å². The van der Waals surface area contributed by atoms with Crippen molar-refractivity contribution in [1.29, 1.82) is 0 Å². The molecule has 4 aliphatic rings. The first kappa shape index (κ1) is 16.7. The van der Waals surface area contributed by atoms with E-state index in [1.165, 1.54) is 6.42 Å². The summed E-state index contributed by atoms with van der Waals surface area (Å²) in [5.41, 5.74) is 1.11. The first-order valence-corrected chi connectivity index (χ1v) is 9.70. The van der Waals surface area contributed by atoms with E-state index < -0.39 is 5.79 Å². The Morgan fingerprint density at radius 2 is 1.88 bits per heavy atom. The summed E-state index contributed by atoms with van der Waals surface area (Å²) in [4.78, 5) is 18.5. The fourth-order valence-electron chi connectivity index (χ4n) is 4.77. The van der Waals surface area contributed by atoms with Gasteiger partial charge in [0.05, 0.1) is 25.7 Å². The van der Waals surface area contributed by atoms with Crippen LogP contribution in [0.1, 0.15) is 37.7 Å². The average Bonchev–Trinajstić information content (AvgIpc) is 3.34. The Balaban J connectivity index is 1.33. The minimum absolute atomic E-state index is 0.00134. The third kappa shape index (κ3) is 2.85. The molecule has 0 bridgehead atoms. The van der Waals surface area contributed by atoms with Gasteiger partial charge in [0.15, 0.2) is 5.79 Å². The van der Waals surface area contributed by atoms with Crippen LogP contribution in [0.3, 0.4) is 0 Å². The molecule has 5 rings (SSSR count). The summed E-state index contributed by atoms with van der Waals surface area (Å²) in [5.74, 6) is -0.628. The van der Waals surface area contributed by atoms with Crippen molar-refractivity contribution in [2.24, 2.45) is 5.92 Å². The molecule has 0 amide bonds. The summed E-state index contributed by atoms with van der Waals surface area (Å²) >= 11 is 0. The maximum Gasteiger partial charge on any atom is 0.326 e. The second-order valence-electron chi connectivity index (χ2n) is 7.81. The highest BCUT2D eigenvalue weighted by Gasteiger charge is 2.58. The lowest BCUT2D eigenvalue weighted by Crippen LogP contribution is -2.39. The number of hydrogen-bond donors (Lipinski definition) is 0. The van der Waals surface area contributed by atoms with Gasteiger partial charge in [-0.3, -0.25) is 9.63 Å². The average molecular weight is 359 g/mol. The van der Waals surface area contributed by atoms with Gasteiger partial charge in [-0.15, -0.1) is 0 Å². The zero-order chi connectivity index (χ0) is 17.6. The number of benzene rings is 1. The van der Waals surface area contributed by atoms with E-state index in [9.17, 15) is 4.79 Å². The Hall–Kier alpha value is -1.47. The molecule has 6 heteroatoms. The van der Waals surface area contributed by atoms with Crippen LogP contribution in [0.4, 0.5) is 0 Å². The Labute approximate surface area is 153 Å². The fourth-order valence-corrected chi connectivity index (χ4v) is 4.77. The van der Waals surface area contributed by atoms with Crippen molar-refractivity contribution >= 4 is 5.97 Å². The predicted octanol–water partition coefficient (Wildman–Crippen LogP) is 2.42. The fraction of sp³-hybridized carbons (Fsp3) is 0.650. The van der Waals surface area contributed by atoms with Crippen LogP contribution in [0.15, 0.2) is 30.3 Å². The number of cyclic esters (lactones) is 1. The maximum absolute atomic E-state index is 12.3. The quantitative estimate of drug-likeness (QED) is 0.773. The second kappa shape index (κ2) is 6.60. The van der Waals surface area contributed by atoms with Gasteiger partial charge < -0.3 is 14.2 Å². The molecule has 3 saturated heterocycles. The van der Waals surface area contributed by atoms with Crippen LogP contribution in [-0.2, 0) is 30.4 Å². The van der Waals surface area contributed by atoms with E-state index in [1.807, 2.05) is 30.3 Å². The van der Waals surface area contributed by atoms with Crippen LogP contribution in [0, 0.1) is 5.92 Å². The van der Waals surface area contributed by atoms with Crippen molar-refractivity contribution in [3.63, 3.8) is 0 Å². The Kier molecular flexibility index (Phi) is 4.24. The van der Waals surface area contributed by atoms with Crippen LogP contribution in [0.25, 0.3) is 0 Å². The van der Waals surface area contributed by atoms with Crippen molar-refractivity contribution in [1.82, 2.24) is 5.06 Å². The lowest BCUT2D eigenvalue weighted by atomic mass is 9.93. The number of carbonyl (C=O) groups excluding carboxylic acids is 1. The number of ether oxygens (including phenoxy) is 3. The molecule has 26 heavy (non-hydrogen) atoms.